The predicted molar refractivity (Wildman–Crippen MR) is 102 cm³/mol. The highest BCUT2D eigenvalue weighted by molar-refractivity contribution is 5.95. The fourth-order valence-corrected chi connectivity index (χ4v) is 3.79. The molecular formula is C22H22N2O3. The van der Waals surface area contributed by atoms with E-state index in [9.17, 15) is 9.90 Å². The topological polar surface area (TPSA) is 66.6 Å². The van der Waals surface area contributed by atoms with Crippen molar-refractivity contribution >= 4 is 5.97 Å². The third-order valence-corrected chi connectivity index (χ3v) is 5.11. The maximum atomic E-state index is 11.4. The van der Waals surface area contributed by atoms with Gasteiger partial charge in [0.05, 0.1) is 12.1 Å². The first-order chi connectivity index (χ1) is 13.2. The maximum Gasteiger partial charge on any atom is 0.336 e. The van der Waals surface area contributed by atoms with Crippen molar-refractivity contribution in [2.24, 2.45) is 5.92 Å². The Balaban J connectivity index is 1.40. The van der Waals surface area contributed by atoms with Gasteiger partial charge in [-0.1, -0.05) is 18.2 Å². The normalized spacial score (nSPS) is 17.3. The molecule has 0 saturated carbocycles. The Hall–Kier alpha value is -2.92. The van der Waals surface area contributed by atoms with Crippen molar-refractivity contribution in [3.8, 4) is 11.3 Å². The molecule has 5 nitrogen and oxygen atoms in total. The number of likely N-dealkylation sites (tertiary alicyclic amines) is 1. The van der Waals surface area contributed by atoms with Crippen molar-refractivity contribution in [3.63, 3.8) is 0 Å². The average Bonchev–Trinajstić information content (AvgIpc) is 3.32. The molecule has 0 radical (unpaired) electrons. The lowest BCUT2D eigenvalue weighted by Gasteiger charge is -2.14. The van der Waals surface area contributed by atoms with Gasteiger partial charge < -0.3 is 9.52 Å². The van der Waals surface area contributed by atoms with Crippen LogP contribution in [0.25, 0.3) is 11.3 Å². The van der Waals surface area contributed by atoms with E-state index in [1.54, 1.807) is 18.2 Å². The molecule has 3 heterocycles. The molecule has 0 unspecified atom stereocenters. The average molecular weight is 362 g/mol. The smallest absolute Gasteiger partial charge is 0.336 e. The Morgan fingerprint density at radius 2 is 1.96 bits per heavy atom. The molecule has 0 aliphatic carbocycles. The van der Waals surface area contributed by atoms with Crippen LogP contribution >= 0.6 is 0 Å². The van der Waals surface area contributed by atoms with Gasteiger partial charge in [-0.25, -0.2) is 4.79 Å². The van der Waals surface area contributed by atoms with Crippen LogP contribution in [-0.2, 0) is 13.0 Å². The fourth-order valence-electron chi connectivity index (χ4n) is 3.79. The molecule has 3 aromatic rings. The molecule has 1 fully saturated rings. The second-order valence-corrected chi connectivity index (χ2v) is 7.07. The highest BCUT2D eigenvalue weighted by atomic mass is 16.4. The zero-order valence-corrected chi connectivity index (χ0v) is 15.0. The number of carboxylic acid groups (broad SMARTS) is 1. The van der Waals surface area contributed by atoms with Gasteiger partial charge in [0.25, 0.3) is 0 Å². The van der Waals surface area contributed by atoms with E-state index in [4.69, 9.17) is 4.42 Å². The van der Waals surface area contributed by atoms with Gasteiger partial charge in [0.15, 0.2) is 0 Å². The van der Waals surface area contributed by atoms with Crippen LogP contribution in [0.5, 0.6) is 0 Å². The van der Waals surface area contributed by atoms with Gasteiger partial charge in [0.2, 0.25) is 0 Å². The summed E-state index contributed by atoms with van der Waals surface area (Å²) in [7, 11) is 0. The molecule has 138 valence electrons. The van der Waals surface area contributed by atoms with Gasteiger partial charge in [-0.2, -0.15) is 0 Å². The Labute approximate surface area is 158 Å². The Bertz CT molecular complexity index is 920. The van der Waals surface area contributed by atoms with Crippen LogP contribution in [0.15, 0.2) is 65.3 Å². The van der Waals surface area contributed by atoms with Crippen LogP contribution in [0.2, 0.25) is 0 Å². The van der Waals surface area contributed by atoms with E-state index in [2.05, 4.69) is 22.0 Å². The molecule has 1 N–H and O–H groups in total. The summed E-state index contributed by atoms with van der Waals surface area (Å²) in [5.74, 6) is 1.18. The van der Waals surface area contributed by atoms with E-state index in [1.807, 2.05) is 30.6 Å². The molecule has 27 heavy (non-hydrogen) atoms. The Kier molecular flexibility index (Phi) is 5.03. The number of hydrogen-bond donors (Lipinski definition) is 1. The van der Waals surface area contributed by atoms with E-state index >= 15 is 0 Å². The minimum absolute atomic E-state index is 0.261. The van der Waals surface area contributed by atoms with Crippen molar-refractivity contribution in [3.05, 3.63) is 77.8 Å². The highest BCUT2D eigenvalue weighted by Gasteiger charge is 2.24. The Morgan fingerprint density at radius 3 is 2.78 bits per heavy atom. The lowest BCUT2D eigenvalue weighted by Crippen LogP contribution is -2.20. The van der Waals surface area contributed by atoms with Crippen LogP contribution in [0.4, 0.5) is 0 Å². The molecule has 1 saturated heterocycles. The van der Waals surface area contributed by atoms with E-state index in [1.165, 1.54) is 12.0 Å². The fraction of sp³-hybridized carbons (Fsp3) is 0.273. The van der Waals surface area contributed by atoms with Crippen molar-refractivity contribution in [2.75, 3.05) is 13.1 Å². The number of furan rings is 1. The quantitative estimate of drug-likeness (QED) is 0.715. The minimum Gasteiger partial charge on any atom is -0.478 e. The summed E-state index contributed by atoms with van der Waals surface area (Å²) in [6, 6.07) is 14.9. The lowest BCUT2D eigenvalue weighted by molar-refractivity contribution is 0.0697. The van der Waals surface area contributed by atoms with Crippen LogP contribution in [0.1, 0.15) is 28.1 Å². The molecule has 4 rings (SSSR count). The number of aromatic carboxylic acids is 1. The number of hydrogen-bond acceptors (Lipinski definition) is 4. The third-order valence-electron chi connectivity index (χ3n) is 5.11. The lowest BCUT2D eigenvalue weighted by atomic mass is 10.00. The molecule has 1 aromatic carbocycles. The number of aromatic nitrogens is 1. The van der Waals surface area contributed by atoms with Gasteiger partial charge in [-0.3, -0.25) is 9.88 Å². The second-order valence-electron chi connectivity index (χ2n) is 7.07. The number of benzene rings is 1. The monoisotopic (exact) mass is 362 g/mol. The summed E-state index contributed by atoms with van der Waals surface area (Å²) in [6.07, 6.45) is 5.95. The molecular weight excluding hydrogens is 340 g/mol. The SMILES string of the molecule is O=C(O)c1ccccc1-c1ccc(CN2CC[C@H](Cc3ccncc3)C2)o1. The minimum atomic E-state index is -0.943. The van der Waals surface area contributed by atoms with E-state index in [0.29, 0.717) is 17.2 Å². The van der Waals surface area contributed by atoms with E-state index in [0.717, 1.165) is 31.8 Å². The molecule has 5 heteroatoms. The van der Waals surface area contributed by atoms with Crippen LogP contribution in [0.3, 0.4) is 0 Å². The molecule has 1 atom stereocenters. The first-order valence-electron chi connectivity index (χ1n) is 9.21. The highest BCUT2D eigenvalue weighted by Crippen LogP contribution is 2.28. The van der Waals surface area contributed by atoms with Crippen molar-refractivity contribution in [2.45, 2.75) is 19.4 Å². The number of carboxylic acids is 1. The van der Waals surface area contributed by atoms with Gasteiger partial charge in [0.1, 0.15) is 11.5 Å². The number of pyridine rings is 1. The standard InChI is InChI=1S/C22H22N2O3/c25-22(26)20-4-2-1-3-19(20)21-6-5-18(27-21)15-24-12-9-17(14-24)13-16-7-10-23-11-8-16/h1-8,10-11,17H,9,12-15H2,(H,25,26)/t17-/m1/s1. The van der Waals surface area contributed by atoms with E-state index < -0.39 is 5.97 Å². The first-order valence-corrected chi connectivity index (χ1v) is 9.21. The summed E-state index contributed by atoms with van der Waals surface area (Å²) in [5, 5.41) is 9.36. The molecule has 2 aromatic heterocycles. The third kappa shape index (κ3) is 4.09. The predicted octanol–water partition coefficient (Wildman–Crippen LogP) is 4.10. The molecule has 1 aliphatic heterocycles. The number of carbonyl (C=O) groups is 1. The summed E-state index contributed by atoms with van der Waals surface area (Å²) < 4.78 is 5.96. The molecule has 0 bridgehead atoms. The first kappa shape index (κ1) is 17.5. The molecule has 0 amide bonds. The van der Waals surface area contributed by atoms with Gasteiger partial charge in [-0.05, 0) is 61.2 Å². The molecule has 1 aliphatic rings. The van der Waals surface area contributed by atoms with Gasteiger partial charge in [0, 0.05) is 24.5 Å². The van der Waals surface area contributed by atoms with E-state index in [-0.39, 0.29) is 5.56 Å². The summed E-state index contributed by atoms with van der Waals surface area (Å²) >= 11 is 0. The molecule has 0 spiro atoms. The van der Waals surface area contributed by atoms with Crippen molar-refractivity contribution < 1.29 is 14.3 Å². The van der Waals surface area contributed by atoms with Crippen molar-refractivity contribution in [1.29, 1.82) is 0 Å². The maximum absolute atomic E-state index is 11.4. The summed E-state index contributed by atoms with van der Waals surface area (Å²) in [5.41, 5.74) is 2.22. The van der Waals surface area contributed by atoms with Crippen molar-refractivity contribution in [1.82, 2.24) is 9.88 Å². The van der Waals surface area contributed by atoms with Gasteiger partial charge >= 0.3 is 5.97 Å². The van der Waals surface area contributed by atoms with Crippen LogP contribution in [-0.4, -0.2) is 34.0 Å². The van der Waals surface area contributed by atoms with Crippen LogP contribution < -0.4 is 0 Å². The Morgan fingerprint density at radius 1 is 1.15 bits per heavy atom. The number of nitrogens with zero attached hydrogens (tertiary/aromatic N) is 2. The largest absolute Gasteiger partial charge is 0.478 e. The summed E-state index contributed by atoms with van der Waals surface area (Å²) in [4.78, 5) is 17.9. The number of rotatable bonds is 6. The zero-order valence-electron chi connectivity index (χ0n) is 15.0. The second kappa shape index (κ2) is 7.76. The van der Waals surface area contributed by atoms with Gasteiger partial charge in [-0.15, -0.1) is 0 Å². The van der Waals surface area contributed by atoms with Crippen LogP contribution in [0, 0.1) is 5.92 Å². The summed E-state index contributed by atoms with van der Waals surface area (Å²) in [6.45, 7) is 2.85. The zero-order chi connectivity index (χ0) is 18.6.